The quantitative estimate of drug-likeness (QED) is 0.741. The van der Waals surface area contributed by atoms with Crippen LogP contribution >= 0.6 is 0 Å². The summed E-state index contributed by atoms with van der Waals surface area (Å²) >= 11 is 0. The maximum absolute atomic E-state index is 13.2. The molecule has 5 heteroatoms. The van der Waals surface area contributed by atoms with Crippen molar-refractivity contribution in [1.29, 1.82) is 0 Å². The van der Waals surface area contributed by atoms with Gasteiger partial charge in [0.05, 0.1) is 18.2 Å². The minimum Gasteiger partial charge on any atom is -0.497 e. The fraction of sp³-hybridized carbons (Fsp3) is 0.304. The lowest BCUT2D eigenvalue weighted by Gasteiger charge is -2.29. The number of carbonyl (C=O) groups excluding carboxylic acids is 1. The molecular formula is C23H25N3O2. The van der Waals surface area contributed by atoms with Gasteiger partial charge in [-0.25, -0.2) is 0 Å². The molecule has 5 nitrogen and oxygen atoms in total. The average Bonchev–Trinajstić information content (AvgIpc) is 2.75. The number of fused-ring (bicyclic) bond motifs is 2. The number of hydrogen-bond acceptors (Lipinski definition) is 4. The molecule has 144 valence electrons. The number of benzene rings is 2. The molecule has 0 radical (unpaired) electrons. The van der Waals surface area contributed by atoms with E-state index in [1.165, 1.54) is 0 Å². The largest absolute Gasteiger partial charge is 0.497 e. The number of hydrogen-bond donors (Lipinski definition) is 1. The Labute approximate surface area is 165 Å². The standard InChI is InChI=1S/C23H25N3O2/c1-3-26-13-12-21-19(15-26)22(18-6-4-5-7-20(18)25-21)23(27)24-14-16-8-10-17(28-2)11-9-16/h4-11H,3,12-15H2,1-2H3,(H,24,27). The molecule has 1 amide bonds. The van der Waals surface area contributed by atoms with Crippen molar-refractivity contribution in [1.82, 2.24) is 15.2 Å². The summed E-state index contributed by atoms with van der Waals surface area (Å²) in [4.78, 5) is 20.4. The van der Waals surface area contributed by atoms with Crippen molar-refractivity contribution in [2.45, 2.75) is 26.4 Å². The van der Waals surface area contributed by atoms with Crippen LogP contribution in [0.15, 0.2) is 48.5 Å². The molecular weight excluding hydrogens is 350 g/mol. The van der Waals surface area contributed by atoms with Crippen LogP contribution in [0, 0.1) is 0 Å². The van der Waals surface area contributed by atoms with Crippen LogP contribution in [0.3, 0.4) is 0 Å². The summed E-state index contributed by atoms with van der Waals surface area (Å²) in [7, 11) is 1.65. The maximum Gasteiger partial charge on any atom is 0.252 e. The number of aromatic nitrogens is 1. The van der Waals surface area contributed by atoms with Crippen LogP contribution in [0.25, 0.3) is 10.9 Å². The number of nitrogens with one attached hydrogen (secondary N) is 1. The van der Waals surface area contributed by atoms with Crippen molar-refractivity contribution in [2.75, 3.05) is 20.2 Å². The highest BCUT2D eigenvalue weighted by Gasteiger charge is 2.25. The van der Waals surface area contributed by atoms with Gasteiger partial charge in [0.2, 0.25) is 0 Å². The highest BCUT2D eigenvalue weighted by atomic mass is 16.5. The number of methoxy groups -OCH3 is 1. The number of ether oxygens (including phenoxy) is 1. The Balaban J connectivity index is 1.66. The van der Waals surface area contributed by atoms with E-state index in [1.807, 2.05) is 48.5 Å². The van der Waals surface area contributed by atoms with E-state index in [1.54, 1.807) is 7.11 Å². The second-order valence-electron chi connectivity index (χ2n) is 7.08. The number of amides is 1. The van der Waals surface area contributed by atoms with Crippen LogP contribution in [0.1, 0.15) is 34.1 Å². The lowest BCUT2D eigenvalue weighted by atomic mass is 9.95. The number of para-hydroxylation sites is 1. The predicted molar refractivity (Wildman–Crippen MR) is 111 cm³/mol. The number of pyridine rings is 1. The van der Waals surface area contributed by atoms with Gasteiger partial charge in [0, 0.05) is 42.7 Å². The summed E-state index contributed by atoms with van der Waals surface area (Å²) in [6, 6.07) is 15.7. The zero-order valence-corrected chi connectivity index (χ0v) is 16.4. The summed E-state index contributed by atoms with van der Waals surface area (Å²) in [6.45, 7) is 5.37. The molecule has 1 aliphatic rings. The van der Waals surface area contributed by atoms with E-state index >= 15 is 0 Å². The summed E-state index contributed by atoms with van der Waals surface area (Å²) in [6.07, 6.45) is 0.882. The van der Waals surface area contributed by atoms with Crippen molar-refractivity contribution in [3.8, 4) is 5.75 Å². The van der Waals surface area contributed by atoms with Gasteiger partial charge in [-0.2, -0.15) is 0 Å². The third-order valence-corrected chi connectivity index (χ3v) is 5.41. The minimum absolute atomic E-state index is 0.0383. The smallest absolute Gasteiger partial charge is 0.252 e. The van der Waals surface area contributed by atoms with Gasteiger partial charge in [-0.1, -0.05) is 37.3 Å². The molecule has 0 aliphatic carbocycles. The van der Waals surface area contributed by atoms with Crippen LogP contribution in [0.5, 0.6) is 5.75 Å². The highest BCUT2D eigenvalue weighted by molar-refractivity contribution is 6.07. The Hall–Kier alpha value is -2.92. The molecule has 0 fully saturated rings. The summed E-state index contributed by atoms with van der Waals surface area (Å²) < 4.78 is 5.20. The monoisotopic (exact) mass is 375 g/mol. The van der Waals surface area contributed by atoms with Gasteiger partial charge in [-0.15, -0.1) is 0 Å². The van der Waals surface area contributed by atoms with E-state index in [-0.39, 0.29) is 5.91 Å². The highest BCUT2D eigenvalue weighted by Crippen LogP contribution is 2.28. The molecule has 4 rings (SSSR count). The molecule has 0 unspecified atom stereocenters. The Morgan fingerprint density at radius 1 is 1.18 bits per heavy atom. The fourth-order valence-corrected chi connectivity index (χ4v) is 3.79. The van der Waals surface area contributed by atoms with Crippen molar-refractivity contribution < 1.29 is 9.53 Å². The van der Waals surface area contributed by atoms with Crippen molar-refractivity contribution in [3.05, 3.63) is 70.9 Å². The van der Waals surface area contributed by atoms with E-state index < -0.39 is 0 Å². The zero-order valence-electron chi connectivity index (χ0n) is 16.4. The van der Waals surface area contributed by atoms with E-state index in [2.05, 4.69) is 17.1 Å². The van der Waals surface area contributed by atoms with Crippen LogP contribution in [-0.4, -0.2) is 36.0 Å². The van der Waals surface area contributed by atoms with Crippen molar-refractivity contribution in [3.63, 3.8) is 0 Å². The Kier molecular flexibility index (Phi) is 5.26. The number of nitrogens with zero attached hydrogens (tertiary/aromatic N) is 2. The topological polar surface area (TPSA) is 54.5 Å². The Bertz CT molecular complexity index is 999. The van der Waals surface area contributed by atoms with Gasteiger partial charge < -0.3 is 10.1 Å². The van der Waals surface area contributed by atoms with E-state index in [0.717, 1.165) is 65.1 Å². The van der Waals surface area contributed by atoms with Gasteiger partial charge in [-0.3, -0.25) is 14.7 Å². The molecule has 1 N–H and O–H groups in total. The minimum atomic E-state index is -0.0383. The molecule has 2 aromatic carbocycles. The third kappa shape index (κ3) is 3.58. The average molecular weight is 375 g/mol. The molecule has 1 aliphatic heterocycles. The van der Waals surface area contributed by atoms with Gasteiger partial charge >= 0.3 is 0 Å². The lowest BCUT2D eigenvalue weighted by Crippen LogP contribution is -2.34. The number of rotatable bonds is 5. The van der Waals surface area contributed by atoms with E-state index in [0.29, 0.717) is 6.54 Å². The zero-order chi connectivity index (χ0) is 19.5. The molecule has 0 bridgehead atoms. The van der Waals surface area contributed by atoms with Gasteiger partial charge in [-0.05, 0) is 30.3 Å². The first-order valence-electron chi connectivity index (χ1n) is 9.73. The van der Waals surface area contributed by atoms with Crippen LogP contribution in [-0.2, 0) is 19.5 Å². The first-order chi connectivity index (χ1) is 13.7. The first-order valence-corrected chi connectivity index (χ1v) is 9.73. The second kappa shape index (κ2) is 7.98. The van der Waals surface area contributed by atoms with Crippen molar-refractivity contribution in [2.24, 2.45) is 0 Å². The maximum atomic E-state index is 13.2. The number of carbonyl (C=O) groups is 1. The molecule has 0 spiro atoms. The third-order valence-electron chi connectivity index (χ3n) is 5.41. The van der Waals surface area contributed by atoms with Crippen LogP contribution in [0.2, 0.25) is 0 Å². The molecule has 3 aromatic rings. The second-order valence-corrected chi connectivity index (χ2v) is 7.08. The van der Waals surface area contributed by atoms with Gasteiger partial charge in [0.25, 0.3) is 5.91 Å². The summed E-state index contributed by atoms with van der Waals surface area (Å²) in [5.41, 5.74) is 4.82. The van der Waals surface area contributed by atoms with E-state index in [9.17, 15) is 4.79 Å². The Morgan fingerprint density at radius 2 is 1.96 bits per heavy atom. The SMILES string of the molecule is CCN1CCc2nc3ccccc3c(C(=O)NCc3ccc(OC)cc3)c2C1. The van der Waals surface area contributed by atoms with Crippen molar-refractivity contribution >= 4 is 16.8 Å². The first kappa shape index (κ1) is 18.4. The van der Waals surface area contributed by atoms with E-state index in [4.69, 9.17) is 9.72 Å². The summed E-state index contributed by atoms with van der Waals surface area (Å²) in [5, 5.41) is 4.02. The van der Waals surface area contributed by atoms with Gasteiger partial charge in [0.1, 0.15) is 5.75 Å². The van der Waals surface area contributed by atoms with Crippen LogP contribution < -0.4 is 10.1 Å². The normalized spacial score (nSPS) is 13.9. The fourth-order valence-electron chi connectivity index (χ4n) is 3.79. The Morgan fingerprint density at radius 3 is 2.71 bits per heavy atom. The van der Waals surface area contributed by atoms with Crippen LogP contribution in [0.4, 0.5) is 0 Å². The molecule has 0 saturated carbocycles. The summed E-state index contributed by atoms with van der Waals surface area (Å²) in [5.74, 6) is 0.771. The molecule has 2 heterocycles. The molecule has 28 heavy (non-hydrogen) atoms. The molecule has 0 saturated heterocycles. The van der Waals surface area contributed by atoms with Gasteiger partial charge in [0.15, 0.2) is 0 Å². The molecule has 0 atom stereocenters. The lowest BCUT2D eigenvalue weighted by molar-refractivity contribution is 0.0949. The molecule has 1 aromatic heterocycles. The predicted octanol–water partition coefficient (Wildman–Crippen LogP) is 3.55. The number of likely N-dealkylation sites (N-methyl/N-ethyl adjacent to an activating group) is 1.